The molecule has 6 heteroatoms. The van der Waals surface area contributed by atoms with Gasteiger partial charge in [0.15, 0.2) is 0 Å². The maximum Gasteiger partial charge on any atom is 0.0901 e. The zero-order valence-corrected chi connectivity index (χ0v) is 16.9. The standard InChI is InChI=1S/C18H18B2ClN3.C2H6/c1-10(2)15-5-11-4-14(21)13(6-16(11)24-15)17-9-22-12(8-23-17)7-18(3,19)20;1-2/h4-6,8-10,24H,7H2,1-3H3;1-2H3. The molecule has 1 N–H and O–H groups in total. The first-order valence-electron chi connectivity index (χ1n) is 8.94. The number of nitrogens with zero attached hydrogens (tertiary/aromatic N) is 2. The van der Waals surface area contributed by atoms with Crippen molar-refractivity contribution in [1.29, 1.82) is 0 Å². The van der Waals surface area contributed by atoms with Crippen LogP contribution in [0.5, 0.6) is 0 Å². The second-order valence-electron chi connectivity index (χ2n) is 6.87. The first-order valence-corrected chi connectivity index (χ1v) is 9.32. The molecule has 0 unspecified atom stereocenters. The van der Waals surface area contributed by atoms with Crippen LogP contribution in [0.25, 0.3) is 22.2 Å². The summed E-state index contributed by atoms with van der Waals surface area (Å²) in [7, 11) is 11.6. The summed E-state index contributed by atoms with van der Waals surface area (Å²) in [5, 5.41) is 0.949. The lowest BCUT2D eigenvalue weighted by Crippen LogP contribution is -2.12. The second-order valence-corrected chi connectivity index (χ2v) is 7.28. The van der Waals surface area contributed by atoms with Crippen molar-refractivity contribution >= 4 is 38.2 Å². The number of aromatic amines is 1. The van der Waals surface area contributed by atoms with Gasteiger partial charge in [-0.05, 0) is 30.5 Å². The Morgan fingerprint density at radius 1 is 1.12 bits per heavy atom. The van der Waals surface area contributed by atoms with Crippen molar-refractivity contribution in [2.24, 2.45) is 0 Å². The summed E-state index contributed by atoms with van der Waals surface area (Å²) in [6, 6.07) is 6.11. The van der Waals surface area contributed by atoms with Gasteiger partial charge in [0.1, 0.15) is 0 Å². The van der Waals surface area contributed by atoms with E-state index in [4.69, 9.17) is 27.3 Å². The fourth-order valence-electron chi connectivity index (χ4n) is 2.66. The number of benzene rings is 1. The second kappa shape index (κ2) is 8.30. The quantitative estimate of drug-likeness (QED) is 0.627. The molecule has 0 saturated carbocycles. The lowest BCUT2D eigenvalue weighted by Gasteiger charge is -2.17. The third kappa shape index (κ3) is 4.91. The molecule has 2 aromatic heterocycles. The average Bonchev–Trinajstić information content (AvgIpc) is 2.98. The normalized spacial score (nSPS) is 11.5. The summed E-state index contributed by atoms with van der Waals surface area (Å²) < 4.78 is 0. The monoisotopic (exact) mass is 363 g/mol. The lowest BCUT2D eigenvalue weighted by atomic mass is 9.54. The van der Waals surface area contributed by atoms with Crippen molar-refractivity contribution < 1.29 is 0 Å². The van der Waals surface area contributed by atoms with E-state index in [9.17, 15) is 0 Å². The molecule has 4 radical (unpaired) electrons. The van der Waals surface area contributed by atoms with Gasteiger partial charge in [-0.2, -0.15) is 0 Å². The van der Waals surface area contributed by atoms with E-state index >= 15 is 0 Å². The van der Waals surface area contributed by atoms with Gasteiger partial charge >= 0.3 is 0 Å². The minimum absolute atomic E-state index is 0.431. The third-order valence-electron chi connectivity index (χ3n) is 3.89. The summed E-state index contributed by atoms with van der Waals surface area (Å²) in [5.74, 6) is 0.431. The van der Waals surface area contributed by atoms with Crippen LogP contribution in [0, 0.1) is 0 Å². The highest BCUT2D eigenvalue weighted by molar-refractivity contribution is 6.39. The highest BCUT2D eigenvalue weighted by Crippen LogP contribution is 2.32. The van der Waals surface area contributed by atoms with E-state index in [1.807, 2.05) is 26.0 Å². The van der Waals surface area contributed by atoms with E-state index in [0.717, 1.165) is 27.9 Å². The van der Waals surface area contributed by atoms with Crippen molar-refractivity contribution in [2.75, 3.05) is 0 Å². The van der Waals surface area contributed by atoms with E-state index in [1.54, 1.807) is 19.3 Å². The summed E-state index contributed by atoms with van der Waals surface area (Å²) in [6.45, 7) is 10.1. The van der Waals surface area contributed by atoms with Crippen molar-refractivity contribution in [3.8, 4) is 11.3 Å². The third-order valence-corrected chi connectivity index (χ3v) is 4.21. The van der Waals surface area contributed by atoms with Gasteiger partial charge in [-0.1, -0.05) is 51.4 Å². The molecule has 0 aliphatic rings. The van der Waals surface area contributed by atoms with Crippen LogP contribution in [0.4, 0.5) is 0 Å². The van der Waals surface area contributed by atoms with Crippen LogP contribution in [0.2, 0.25) is 10.2 Å². The number of hydrogen-bond acceptors (Lipinski definition) is 2. The summed E-state index contributed by atoms with van der Waals surface area (Å²) in [5.41, 5.74) is 4.56. The number of nitrogens with one attached hydrogen (secondary N) is 1. The molecule has 0 aliphatic heterocycles. The smallest absolute Gasteiger partial charge is 0.0901 e. The molecule has 1 aromatic carbocycles. The molecule has 26 heavy (non-hydrogen) atoms. The Labute approximate surface area is 163 Å². The summed E-state index contributed by atoms with van der Waals surface area (Å²) >= 11 is 6.45. The fourth-order valence-corrected chi connectivity index (χ4v) is 2.93. The molecular formula is C20H24B2ClN3. The van der Waals surface area contributed by atoms with Crippen molar-refractivity contribution in [3.63, 3.8) is 0 Å². The predicted molar refractivity (Wildman–Crippen MR) is 113 cm³/mol. The van der Waals surface area contributed by atoms with Gasteiger partial charge in [0.2, 0.25) is 0 Å². The van der Waals surface area contributed by atoms with Gasteiger partial charge in [0.25, 0.3) is 0 Å². The zero-order valence-electron chi connectivity index (χ0n) is 16.1. The Balaban J connectivity index is 0.00000117. The largest absolute Gasteiger partial charge is 0.358 e. The van der Waals surface area contributed by atoms with Gasteiger partial charge in [0.05, 0.1) is 38.3 Å². The molecule has 0 amide bonds. The van der Waals surface area contributed by atoms with Crippen LogP contribution in [-0.2, 0) is 6.42 Å². The van der Waals surface area contributed by atoms with Crippen LogP contribution < -0.4 is 0 Å². The first kappa shape index (κ1) is 20.6. The highest BCUT2D eigenvalue weighted by Gasteiger charge is 2.14. The number of aromatic nitrogens is 3. The molecule has 3 aromatic rings. The fraction of sp³-hybridized carbons (Fsp3) is 0.400. The SMILES string of the molecule is CC.[B]C([B])(C)Cc1cnc(-c2cc3[nH]c(C(C)C)cc3cc2Cl)cn1. The van der Waals surface area contributed by atoms with Crippen LogP contribution >= 0.6 is 11.6 Å². The number of hydrogen-bond donors (Lipinski definition) is 1. The van der Waals surface area contributed by atoms with E-state index in [1.165, 1.54) is 5.69 Å². The average molecular weight is 364 g/mol. The number of rotatable bonds is 4. The number of fused-ring (bicyclic) bond motifs is 1. The Morgan fingerprint density at radius 2 is 1.81 bits per heavy atom. The Bertz CT molecular complexity index is 865. The van der Waals surface area contributed by atoms with Gasteiger partial charge in [-0.25, -0.2) is 0 Å². The molecule has 132 valence electrons. The first-order chi connectivity index (χ1) is 12.2. The minimum Gasteiger partial charge on any atom is -0.358 e. The van der Waals surface area contributed by atoms with E-state index in [-0.39, 0.29) is 0 Å². The van der Waals surface area contributed by atoms with E-state index in [2.05, 4.69) is 34.9 Å². The molecule has 0 fully saturated rings. The molecule has 3 nitrogen and oxygen atoms in total. The highest BCUT2D eigenvalue weighted by atomic mass is 35.5. The van der Waals surface area contributed by atoms with Crippen LogP contribution in [-0.4, -0.2) is 30.6 Å². The molecule has 3 rings (SSSR count). The zero-order chi connectivity index (χ0) is 19.5. The molecule has 0 aliphatic carbocycles. The van der Waals surface area contributed by atoms with E-state index < -0.39 is 5.21 Å². The number of halogens is 1. The summed E-state index contributed by atoms with van der Waals surface area (Å²) in [6.07, 6.45) is 3.87. The maximum absolute atomic E-state index is 6.45. The number of H-pyrrole nitrogens is 1. The molecular weight excluding hydrogens is 339 g/mol. The van der Waals surface area contributed by atoms with Crippen LogP contribution in [0.1, 0.15) is 51.9 Å². The maximum atomic E-state index is 6.45. The van der Waals surface area contributed by atoms with Gasteiger partial charge < -0.3 is 4.98 Å². The summed E-state index contributed by atoms with van der Waals surface area (Å²) in [4.78, 5) is 12.3. The topological polar surface area (TPSA) is 41.6 Å². The van der Waals surface area contributed by atoms with Gasteiger partial charge in [-0.15, -0.1) is 0 Å². The minimum atomic E-state index is -0.801. The van der Waals surface area contributed by atoms with Gasteiger partial charge in [0, 0.05) is 28.4 Å². The Morgan fingerprint density at radius 3 is 2.35 bits per heavy atom. The van der Waals surface area contributed by atoms with Crippen LogP contribution in [0.15, 0.2) is 30.6 Å². The molecule has 0 atom stereocenters. The van der Waals surface area contributed by atoms with E-state index in [0.29, 0.717) is 17.4 Å². The molecule has 0 saturated heterocycles. The molecule has 2 heterocycles. The predicted octanol–water partition coefficient (Wildman–Crippen LogP) is 5.44. The Kier molecular flexibility index (Phi) is 6.57. The van der Waals surface area contributed by atoms with Crippen molar-refractivity contribution in [2.45, 2.75) is 52.2 Å². The molecule has 0 spiro atoms. The van der Waals surface area contributed by atoms with Crippen LogP contribution in [0.3, 0.4) is 0 Å². The van der Waals surface area contributed by atoms with Crippen molar-refractivity contribution in [3.05, 3.63) is 47.0 Å². The lowest BCUT2D eigenvalue weighted by molar-refractivity contribution is 0.801. The van der Waals surface area contributed by atoms with Crippen molar-refractivity contribution in [1.82, 2.24) is 15.0 Å². The Hall–Kier alpha value is -1.74. The molecule has 0 bridgehead atoms. The van der Waals surface area contributed by atoms with Gasteiger partial charge in [-0.3, -0.25) is 9.97 Å².